The van der Waals surface area contributed by atoms with Gasteiger partial charge in [0.05, 0.1) is 12.5 Å². The van der Waals surface area contributed by atoms with E-state index in [-0.39, 0.29) is 17.9 Å². The molecule has 4 nitrogen and oxygen atoms in total. The van der Waals surface area contributed by atoms with Crippen molar-refractivity contribution in [1.29, 1.82) is 0 Å². The van der Waals surface area contributed by atoms with Crippen LogP contribution in [0.2, 0.25) is 0 Å². The van der Waals surface area contributed by atoms with Crippen LogP contribution in [0.25, 0.3) is 0 Å². The Morgan fingerprint density at radius 1 is 1.05 bits per heavy atom. The fraction of sp³-hybridized carbons (Fsp3) is 0.867. The molecule has 0 aromatic rings. The molecule has 19 heavy (non-hydrogen) atoms. The predicted molar refractivity (Wildman–Crippen MR) is 72.4 cm³/mol. The maximum Gasteiger partial charge on any atom is 0.246 e. The topological polar surface area (TPSA) is 49.4 Å². The van der Waals surface area contributed by atoms with Gasteiger partial charge in [-0.25, -0.2) is 0 Å². The molecule has 2 saturated carbocycles. The van der Waals surface area contributed by atoms with E-state index in [2.05, 4.69) is 5.32 Å². The SMILES string of the molecule is CN1C(=O)CC(NC2CCC3CCCCC3C2)C1=O. The Kier molecular flexibility index (Phi) is 3.61. The Bertz CT molecular complexity index is 382. The van der Waals surface area contributed by atoms with Crippen molar-refractivity contribution in [3.63, 3.8) is 0 Å². The summed E-state index contributed by atoms with van der Waals surface area (Å²) in [6.45, 7) is 0. The summed E-state index contributed by atoms with van der Waals surface area (Å²) in [7, 11) is 1.59. The van der Waals surface area contributed by atoms with E-state index in [1.54, 1.807) is 7.05 Å². The highest BCUT2D eigenvalue weighted by Crippen LogP contribution is 2.40. The van der Waals surface area contributed by atoms with Crippen LogP contribution < -0.4 is 5.32 Å². The van der Waals surface area contributed by atoms with Gasteiger partial charge in [0.1, 0.15) is 0 Å². The van der Waals surface area contributed by atoms with E-state index < -0.39 is 0 Å². The molecular weight excluding hydrogens is 240 g/mol. The minimum Gasteiger partial charge on any atom is -0.303 e. The lowest BCUT2D eigenvalue weighted by atomic mass is 9.69. The molecule has 2 aliphatic carbocycles. The molecule has 106 valence electrons. The summed E-state index contributed by atoms with van der Waals surface area (Å²) in [5.41, 5.74) is 0. The van der Waals surface area contributed by atoms with Gasteiger partial charge in [-0.3, -0.25) is 14.5 Å². The molecule has 4 unspecified atom stereocenters. The smallest absolute Gasteiger partial charge is 0.246 e. The van der Waals surface area contributed by atoms with Crippen LogP contribution in [0, 0.1) is 11.8 Å². The largest absolute Gasteiger partial charge is 0.303 e. The highest BCUT2D eigenvalue weighted by Gasteiger charge is 2.39. The van der Waals surface area contributed by atoms with E-state index >= 15 is 0 Å². The number of hydrogen-bond acceptors (Lipinski definition) is 3. The van der Waals surface area contributed by atoms with Gasteiger partial charge in [-0.2, -0.15) is 0 Å². The van der Waals surface area contributed by atoms with Crippen LogP contribution in [0.15, 0.2) is 0 Å². The number of fused-ring (bicyclic) bond motifs is 1. The predicted octanol–water partition coefficient (Wildman–Crippen LogP) is 1.69. The molecule has 1 N–H and O–H groups in total. The van der Waals surface area contributed by atoms with Crippen molar-refractivity contribution in [2.75, 3.05) is 7.05 Å². The highest BCUT2D eigenvalue weighted by molar-refractivity contribution is 6.05. The number of carbonyl (C=O) groups is 2. The quantitative estimate of drug-likeness (QED) is 0.772. The van der Waals surface area contributed by atoms with Gasteiger partial charge in [-0.15, -0.1) is 0 Å². The summed E-state index contributed by atoms with van der Waals surface area (Å²) in [6, 6.07) is 0.176. The van der Waals surface area contributed by atoms with Crippen molar-refractivity contribution in [2.24, 2.45) is 11.8 Å². The molecule has 4 atom stereocenters. The van der Waals surface area contributed by atoms with Gasteiger partial charge in [0.2, 0.25) is 11.8 Å². The lowest BCUT2D eigenvalue weighted by molar-refractivity contribution is -0.137. The van der Waals surface area contributed by atoms with Crippen LogP contribution in [0.4, 0.5) is 0 Å². The Labute approximate surface area is 114 Å². The molecule has 3 aliphatic rings. The van der Waals surface area contributed by atoms with Crippen LogP contribution in [-0.2, 0) is 9.59 Å². The van der Waals surface area contributed by atoms with E-state index in [1.807, 2.05) is 0 Å². The lowest BCUT2D eigenvalue weighted by Crippen LogP contribution is -2.46. The number of likely N-dealkylation sites (N-methyl/N-ethyl adjacent to an activating group) is 1. The average molecular weight is 264 g/mol. The molecule has 0 radical (unpaired) electrons. The number of rotatable bonds is 2. The molecule has 1 heterocycles. The Hall–Kier alpha value is -0.900. The maximum absolute atomic E-state index is 11.9. The summed E-state index contributed by atoms with van der Waals surface area (Å²) in [4.78, 5) is 24.7. The lowest BCUT2D eigenvalue weighted by Gasteiger charge is -2.40. The summed E-state index contributed by atoms with van der Waals surface area (Å²) >= 11 is 0. The van der Waals surface area contributed by atoms with Gasteiger partial charge in [-0.1, -0.05) is 25.7 Å². The molecule has 1 aliphatic heterocycles. The Morgan fingerprint density at radius 2 is 1.79 bits per heavy atom. The fourth-order valence-electron chi connectivity index (χ4n) is 4.19. The molecule has 0 aromatic carbocycles. The first-order valence-corrected chi connectivity index (χ1v) is 7.71. The van der Waals surface area contributed by atoms with E-state index in [4.69, 9.17) is 0 Å². The summed E-state index contributed by atoms with van der Waals surface area (Å²) in [5.74, 6) is 1.69. The van der Waals surface area contributed by atoms with Crippen molar-refractivity contribution in [1.82, 2.24) is 10.2 Å². The number of amides is 2. The molecule has 1 saturated heterocycles. The third kappa shape index (κ3) is 2.55. The monoisotopic (exact) mass is 264 g/mol. The number of nitrogens with one attached hydrogen (secondary N) is 1. The molecule has 0 bridgehead atoms. The molecule has 4 heteroatoms. The summed E-state index contributed by atoms with van der Waals surface area (Å²) in [5, 5.41) is 3.45. The number of carbonyl (C=O) groups excluding carboxylic acids is 2. The van der Waals surface area contributed by atoms with Crippen LogP contribution in [0.3, 0.4) is 0 Å². The maximum atomic E-state index is 11.9. The van der Waals surface area contributed by atoms with Gasteiger partial charge in [-0.05, 0) is 31.1 Å². The Morgan fingerprint density at radius 3 is 2.47 bits per heavy atom. The summed E-state index contributed by atoms with van der Waals surface area (Å²) in [6.07, 6.45) is 9.56. The van der Waals surface area contributed by atoms with Crippen molar-refractivity contribution < 1.29 is 9.59 Å². The zero-order chi connectivity index (χ0) is 13.4. The first kappa shape index (κ1) is 13.1. The van der Waals surface area contributed by atoms with E-state index in [9.17, 15) is 9.59 Å². The van der Waals surface area contributed by atoms with Crippen molar-refractivity contribution in [2.45, 2.75) is 63.5 Å². The van der Waals surface area contributed by atoms with Crippen molar-refractivity contribution >= 4 is 11.8 Å². The minimum atomic E-state index is -0.261. The van der Waals surface area contributed by atoms with E-state index in [0.29, 0.717) is 12.5 Å². The molecule has 0 aromatic heterocycles. The minimum absolute atomic E-state index is 0.0456. The van der Waals surface area contributed by atoms with Crippen molar-refractivity contribution in [3.05, 3.63) is 0 Å². The zero-order valence-electron chi connectivity index (χ0n) is 11.7. The first-order valence-electron chi connectivity index (χ1n) is 7.71. The molecule has 3 fully saturated rings. The van der Waals surface area contributed by atoms with Crippen LogP contribution in [0.5, 0.6) is 0 Å². The van der Waals surface area contributed by atoms with Crippen molar-refractivity contribution in [3.8, 4) is 0 Å². The Balaban J connectivity index is 1.56. The zero-order valence-corrected chi connectivity index (χ0v) is 11.7. The van der Waals surface area contributed by atoms with Crippen LogP contribution in [-0.4, -0.2) is 35.8 Å². The van der Waals surface area contributed by atoms with Gasteiger partial charge >= 0.3 is 0 Å². The van der Waals surface area contributed by atoms with Gasteiger partial charge in [0.25, 0.3) is 0 Å². The van der Waals surface area contributed by atoms with Crippen LogP contribution >= 0.6 is 0 Å². The first-order chi connectivity index (χ1) is 9.15. The third-order valence-electron chi connectivity index (χ3n) is 5.36. The highest BCUT2D eigenvalue weighted by atomic mass is 16.2. The molecular formula is C15H24N2O2. The standard InChI is InChI=1S/C15H24N2O2/c1-17-14(18)9-13(15(17)19)16-12-7-6-10-4-2-3-5-11(10)8-12/h10-13,16H,2-9H2,1H3. The normalized spacial score (nSPS) is 39.5. The number of hydrogen-bond donors (Lipinski definition) is 1. The third-order valence-corrected chi connectivity index (χ3v) is 5.36. The second-order valence-electron chi connectivity index (χ2n) is 6.53. The average Bonchev–Trinajstić information content (AvgIpc) is 2.66. The number of imide groups is 1. The molecule has 0 spiro atoms. The van der Waals surface area contributed by atoms with Crippen LogP contribution in [0.1, 0.15) is 51.4 Å². The number of likely N-dealkylation sites (tertiary alicyclic amines) is 1. The summed E-state index contributed by atoms with van der Waals surface area (Å²) < 4.78 is 0. The number of nitrogens with zero attached hydrogens (tertiary/aromatic N) is 1. The second kappa shape index (κ2) is 5.23. The van der Waals surface area contributed by atoms with E-state index in [1.165, 1.54) is 49.8 Å². The van der Waals surface area contributed by atoms with Gasteiger partial charge in [0.15, 0.2) is 0 Å². The second-order valence-corrected chi connectivity index (χ2v) is 6.53. The molecule has 2 amide bonds. The molecule has 3 rings (SSSR count). The van der Waals surface area contributed by atoms with Gasteiger partial charge < -0.3 is 5.32 Å². The van der Waals surface area contributed by atoms with E-state index in [0.717, 1.165) is 11.8 Å². The van der Waals surface area contributed by atoms with Gasteiger partial charge in [0, 0.05) is 13.1 Å². The fourth-order valence-corrected chi connectivity index (χ4v) is 4.19.